The van der Waals surface area contributed by atoms with Gasteiger partial charge in [-0.1, -0.05) is 39.5 Å². The molecule has 2 rings (SSSR count). The van der Waals surface area contributed by atoms with Gasteiger partial charge in [0.05, 0.1) is 13.1 Å². The Hall–Kier alpha value is -0.950. The number of aldehydes is 1. The van der Waals surface area contributed by atoms with Crippen LogP contribution in [0.3, 0.4) is 0 Å². The molecule has 0 fully saturated rings. The van der Waals surface area contributed by atoms with Crippen LogP contribution in [-0.4, -0.2) is 38.2 Å². The van der Waals surface area contributed by atoms with Gasteiger partial charge in [-0.3, -0.25) is 4.79 Å². The number of carbonyl (C=O) groups is 1. The number of nitrogens with one attached hydrogen (secondary N) is 1. The lowest BCUT2D eigenvalue weighted by Gasteiger charge is -2.10. The number of hydrogen-bond acceptors (Lipinski definition) is 4. The van der Waals surface area contributed by atoms with E-state index in [9.17, 15) is 4.79 Å². The minimum Gasteiger partial charge on any atom is -0.491 e. The SMILES string of the molecule is C.CC.CCOC.O=Cc1c[nH]cc1-c1ccccc1OCCOPI. The molecule has 0 spiro atoms. The van der Waals surface area contributed by atoms with Gasteiger partial charge in [-0.05, 0) is 35.0 Å². The van der Waals surface area contributed by atoms with Crippen LogP contribution in [0.15, 0.2) is 36.7 Å². The van der Waals surface area contributed by atoms with E-state index in [4.69, 9.17) is 9.26 Å². The smallest absolute Gasteiger partial charge is 0.152 e. The largest absolute Gasteiger partial charge is 0.491 e. The van der Waals surface area contributed by atoms with Crippen LogP contribution < -0.4 is 4.74 Å². The molecule has 148 valence electrons. The number of ether oxygens (including phenoxy) is 2. The number of rotatable bonds is 8. The number of aromatic amines is 1. The van der Waals surface area contributed by atoms with E-state index in [-0.39, 0.29) is 7.43 Å². The van der Waals surface area contributed by atoms with Crippen molar-refractivity contribution in [1.82, 2.24) is 4.98 Å². The number of carbonyl (C=O) groups excluding carboxylic acids is 1. The minimum atomic E-state index is 0. The Morgan fingerprint density at radius 3 is 2.38 bits per heavy atom. The highest BCUT2D eigenvalue weighted by Crippen LogP contribution is 2.31. The highest BCUT2D eigenvalue weighted by molar-refractivity contribution is 14.2. The molecule has 5 nitrogen and oxygen atoms in total. The zero-order valence-electron chi connectivity index (χ0n) is 15.2. The average molecular weight is 495 g/mol. The van der Waals surface area contributed by atoms with Gasteiger partial charge in [-0.2, -0.15) is 0 Å². The number of H-pyrrole nitrogens is 1. The van der Waals surface area contributed by atoms with Crippen LogP contribution in [0.1, 0.15) is 38.6 Å². The van der Waals surface area contributed by atoms with Gasteiger partial charge >= 0.3 is 0 Å². The molecule has 2 aromatic rings. The van der Waals surface area contributed by atoms with E-state index < -0.39 is 0 Å². The van der Waals surface area contributed by atoms with Crippen molar-refractivity contribution in [3.63, 3.8) is 0 Å². The first-order chi connectivity index (χ1) is 12.3. The third-order valence-corrected chi connectivity index (χ3v) is 4.12. The summed E-state index contributed by atoms with van der Waals surface area (Å²) >= 11 is 2.17. The highest BCUT2D eigenvalue weighted by Gasteiger charge is 2.10. The van der Waals surface area contributed by atoms with Crippen molar-refractivity contribution in [1.29, 1.82) is 0 Å². The van der Waals surface area contributed by atoms with Crippen LogP contribution in [0, 0.1) is 0 Å². The van der Waals surface area contributed by atoms with E-state index in [1.54, 1.807) is 19.5 Å². The molecule has 0 saturated carbocycles. The Morgan fingerprint density at radius 1 is 1.15 bits per heavy atom. The Balaban J connectivity index is 0. The zero-order chi connectivity index (χ0) is 18.9. The molecule has 0 aliphatic heterocycles. The van der Waals surface area contributed by atoms with Crippen LogP contribution in [-0.2, 0) is 9.26 Å². The molecular formula is C19H31INO4P. The van der Waals surface area contributed by atoms with Crippen molar-refractivity contribution in [2.24, 2.45) is 0 Å². The van der Waals surface area contributed by atoms with Crippen molar-refractivity contribution < 1.29 is 18.8 Å². The normalized spacial score (nSPS) is 9.42. The average Bonchev–Trinajstić information content (AvgIpc) is 3.16. The summed E-state index contributed by atoms with van der Waals surface area (Å²) in [5.41, 5.74) is 2.38. The standard InChI is InChI=1S/C13H13INO3P.C3H8O.C2H6.CH4/c14-19-18-6-5-17-13-4-2-1-3-11(13)12-8-15-7-10(12)9-16;1-3-4-2;1-2;/h1-4,7-9,15,19H,5-6H2;3H2,1-2H3;1-2H3;1H4. The molecule has 0 radical (unpaired) electrons. The van der Waals surface area contributed by atoms with Crippen LogP contribution >= 0.6 is 28.5 Å². The van der Waals surface area contributed by atoms with Gasteiger partial charge in [0.2, 0.25) is 0 Å². The quantitative estimate of drug-likeness (QED) is 0.207. The number of hydrogen-bond donors (Lipinski definition) is 1. The maximum atomic E-state index is 11.0. The van der Waals surface area contributed by atoms with Gasteiger partial charge in [0, 0.05) is 42.8 Å². The Kier molecular flexibility index (Phi) is 19.7. The van der Waals surface area contributed by atoms with Gasteiger partial charge in [0.25, 0.3) is 0 Å². The molecule has 1 atom stereocenters. The summed E-state index contributed by atoms with van der Waals surface area (Å²) in [6, 6.07) is 7.66. The lowest BCUT2D eigenvalue weighted by molar-refractivity contribution is 0.112. The summed E-state index contributed by atoms with van der Waals surface area (Å²) in [4.78, 5) is 13.9. The molecule has 1 aromatic carbocycles. The zero-order valence-corrected chi connectivity index (χ0v) is 18.3. The topological polar surface area (TPSA) is 60.6 Å². The lowest BCUT2D eigenvalue weighted by atomic mass is 10.0. The fourth-order valence-corrected chi connectivity index (χ4v) is 2.57. The minimum absolute atomic E-state index is 0. The van der Waals surface area contributed by atoms with Crippen molar-refractivity contribution in [2.45, 2.75) is 28.2 Å². The third kappa shape index (κ3) is 10.3. The first kappa shape index (κ1) is 27.3. The van der Waals surface area contributed by atoms with E-state index >= 15 is 0 Å². The second kappa shape index (κ2) is 18.8. The molecule has 1 aromatic heterocycles. The number of benzene rings is 1. The third-order valence-electron chi connectivity index (χ3n) is 2.87. The van der Waals surface area contributed by atoms with Gasteiger partial charge in [-0.15, -0.1) is 0 Å². The maximum absolute atomic E-state index is 11.0. The molecule has 0 aliphatic rings. The number of halogens is 1. The summed E-state index contributed by atoms with van der Waals surface area (Å²) in [5, 5.41) is 0. The summed E-state index contributed by atoms with van der Waals surface area (Å²) in [7, 11) is 1.68. The predicted molar refractivity (Wildman–Crippen MR) is 121 cm³/mol. The molecular weight excluding hydrogens is 464 g/mol. The molecule has 26 heavy (non-hydrogen) atoms. The Labute approximate surface area is 172 Å². The molecule has 1 heterocycles. The second-order valence-corrected chi connectivity index (χ2v) is 6.05. The monoisotopic (exact) mass is 495 g/mol. The molecule has 1 unspecified atom stereocenters. The van der Waals surface area contributed by atoms with Gasteiger partial charge in [-0.25, -0.2) is 0 Å². The predicted octanol–water partition coefficient (Wildman–Crippen LogP) is 6.15. The van der Waals surface area contributed by atoms with Crippen LogP contribution in [0.2, 0.25) is 0 Å². The first-order valence-corrected chi connectivity index (χ1v) is 12.1. The van der Waals surface area contributed by atoms with Crippen molar-refractivity contribution in [2.75, 3.05) is 26.9 Å². The number of aromatic nitrogens is 1. The summed E-state index contributed by atoms with van der Waals surface area (Å²) in [6.45, 7) is 8.27. The maximum Gasteiger partial charge on any atom is 0.152 e. The molecule has 1 N–H and O–H groups in total. The van der Waals surface area contributed by atoms with Crippen LogP contribution in [0.5, 0.6) is 5.75 Å². The summed E-state index contributed by atoms with van der Waals surface area (Å²) in [6.07, 6.45) is 4.32. The summed E-state index contributed by atoms with van der Waals surface area (Å²) < 4.78 is 15.5. The molecule has 0 amide bonds. The number of methoxy groups -OCH3 is 1. The van der Waals surface area contributed by atoms with Crippen molar-refractivity contribution in [3.8, 4) is 16.9 Å². The molecule has 7 heteroatoms. The Bertz CT molecular complexity index is 576. The van der Waals surface area contributed by atoms with Gasteiger partial charge in [0.15, 0.2) is 6.29 Å². The van der Waals surface area contributed by atoms with E-state index in [1.165, 1.54) is 0 Å². The van der Waals surface area contributed by atoms with E-state index in [2.05, 4.69) is 31.8 Å². The van der Waals surface area contributed by atoms with Gasteiger partial charge in [0.1, 0.15) is 12.4 Å². The van der Waals surface area contributed by atoms with E-state index in [1.807, 2.05) is 45.0 Å². The summed E-state index contributed by atoms with van der Waals surface area (Å²) in [5.74, 6) is 0.755. The molecule has 0 bridgehead atoms. The highest BCUT2D eigenvalue weighted by atomic mass is 127. The molecule has 0 aliphatic carbocycles. The number of para-hydroxylation sites is 1. The van der Waals surface area contributed by atoms with Crippen LogP contribution in [0.4, 0.5) is 0 Å². The van der Waals surface area contributed by atoms with Crippen molar-refractivity contribution in [3.05, 3.63) is 42.2 Å². The van der Waals surface area contributed by atoms with E-state index in [0.717, 1.165) is 29.8 Å². The molecule has 0 saturated heterocycles. The second-order valence-electron chi connectivity index (χ2n) is 4.29. The van der Waals surface area contributed by atoms with Crippen molar-refractivity contribution >= 4 is 34.8 Å². The van der Waals surface area contributed by atoms with E-state index in [0.29, 0.717) is 25.2 Å². The fourth-order valence-electron chi connectivity index (χ4n) is 1.75. The first-order valence-electron chi connectivity index (χ1n) is 8.09. The Morgan fingerprint density at radius 2 is 1.81 bits per heavy atom. The lowest BCUT2D eigenvalue weighted by Crippen LogP contribution is -2.03. The van der Waals surface area contributed by atoms with Gasteiger partial charge < -0.3 is 19.0 Å². The van der Waals surface area contributed by atoms with Crippen LogP contribution in [0.25, 0.3) is 11.1 Å². The fraction of sp³-hybridized carbons (Fsp3) is 0.421.